The summed E-state index contributed by atoms with van der Waals surface area (Å²) in [6.45, 7) is 5.05. The number of ether oxygens (including phenoxy) is 1. The van der Waals surface area contributed by atoms with Gasteiger partial charge in [0.25, 0.3) is 0 Å². The third kappa shape index (κ3) is 5.19. The number of imidazole rings is 1. The van der Waals surface area contributed by atoms with Crippen molar-refractivity contribution in [3.63, 3.8) is 0 Å². The number of hydrogen-bond acceptors (Lipinski definition) is 4. The summed E-state index contributed by atoms with van der Waals surface area (Å²) in [5.41, 5.74) is 2.95. The summed E-state index contributed by atoms with van der Waals surface area (Å²) < 4.78 is 8.24. The number of carbonyl (C=O) groups excluding carboxylic acids is 1. The summed E-state index contributed by atoms with van der Waals surface area (Å²) in [6, 6.07) is 14.1. The highest BCUT2D eigenvalue weighted by molar-refractivity contribution is 5.76. The molecular formula is C24H30N4O2. The summed E-state index contributed by atoms with van der Waals surface area (Å²) in [6.07, 6.45) is 7.92. The van der Waals surface area contributed by atoms with Crippen LogP contribution in [0.15, 0.2) is 54.9 Å². The maximum atomic E-state index is 12.5. The lowest BCUT2D eigenvalue weighted by molar-refractivity contribution is -0.121. The number of fused-ring (bicyclic) bond motifs is 2. The summed E-state index contributed by atoms with van der Waals surface area (Å²) in [5.74, 6) is 1.04. The Labute approximate surface area is 177 Å². The maximum absolute atomic E-state index is 12.5. The molecule has 4 rings (SSSR count). The van der Waals surface area contributed by atoms with Crippen molar-refractivity contribution in [2.45, 2.75) is 51.8 Å². The molecule has 0 radical (unpaired) electrons. The van der Waals surface area contributed by atoms with Crippen LogP contribution in [0.3, 0.4) is 0 Å². The van der Waals surface area contributed by atoms with Crippen LogP contribution >= 0.6 is 0 Å². The van der Waals surface area contributed by atoms with Gasteiger partial charge in [-0.25, -0.2) is 4.98 Å². The van der Waals surface area contributed by atoms with E-state index in [0.717, 1.165) is 56.0 Å². The number of unbranched alkanes of at least 4 members (excludes halogenated alkanes) is 1. The zero-order valence-electron chi connectivity index (χ0n) is 17.6. The third-order valence-electron chi connectivity index (χ3n) is 5.54. The Morgan fingerprint density at radius 2 is 2.10 bits per heavy atom. The summed E-state index contributed by atoms with van der Waals surface area (Å²) in [5, 5.41) is 3.01. The van der Waals surface area contributed by atoms with Gasteiger partial charge in [-0.15, -0.1) is 0 Å². The molecule has 0 fully saturated rings. The van der Waals surface area contributed by atoms with E-state index in [0.29, 0.717) is 13.0 Å². The average Bonchev–Trinajstić information content (AvgIpc) is 3.09. The van der Waals surface area contributed by atoms with Gasteiger partial charge in [-0.05, 0) is 31.0 Å². The monoisotopic (exact) mass is 406 g/mol. The first-order valence-electron chi connectivity index (χ1n) is 10.9. The van der Waals surface area contributed by atoms with Crippen molar-refractivity contribution < 1.29 is 9.53 Å². The number of aromatic nitrogens is 2. The van der Waals surface area contributed by atoms with E-state index >= 15 is 0 Å². The zero-order valence-corrected chi connectivity index (χ0v) is 17.6. The quantitative estimate of drug-likeness (QED) is 0.618. The topological polar surface area (TPSA) is 58.9 Å². The van der Waals surface area contributed by atoms with Gasteiger partial charge in [0.15, 0.2) is 0 Å². The van der Waals surface area contributed by atoms with Crippen molar-refractivity contribution in [1.82, 2.24) is 19.6 Å². The molecule has 0 spiro atoms. The van der Waals surface area contributed by atoms with Gasteiger partial charge in [0, 0.05) is 44.0 Å². The Kier molecular flexibility index (Phi) is 6.64. The Hall–Kier alpha value is -2.86. The Morgan fingerprint density at radius 3 is 2.97 bits per heavy atom. The predicted octanol–water partition coefficient (Wildman–Crippen LogP) is 3.79. The van der Waals surface area contributed by atoms with Gasteiger partial charge in [0.2, 0.25) is 5.91 Å². The van der Waals surface area contributed by atoms with E-state index in [9.17, 15) is 4.79 Å². The minimum absolute atomic E-state index is 0.0515. The fourth-order valence-electron chi connectivity index (χ4n) is 3.92. The highest BCUT2D eigenvalue weighted by Gasteiger charge is 2.22. The molecule has 30 heavy (non-hydrogen) atoms. The van der Waals surface area contributed by atoms with Crippen LogP contribution in [0.4, 0.5) is 0 Å². The standard InChI is InChI=1S/C24H30N4O2/c1-2-3-9-21-18-27(16-19-8-4-5-10-22(19)30-21)14-12-24(29)25-15-20-17-28-13-7-6-11-23(28)26-20/h4-8,10-11,13,17,21H,2-3,9,12,14-16,18H2,1H3,(H,25,29). The lowest BCUT2D eigenvalue weighted by Crippen LogP contribution is -2.35. The number of carbonyl (C=O) groups is 1. The molecule has 2 aromatic heterocycles. The molecule has 1 unspecified atom stereocenters. The Morgan fingerprint density at radius 1 is 1.23 bits per heavy atom. The second-order valence-electron chi connectivity index (χ2n) is 7.95. The molecule has 1 atom stereocenters. The lowest BCUT2D eigenvalue weighted by atomic mass is 10.1. The van der Waals surface area contributed by atoms with Crippen LogP contribution in [0.5, 0.6) is 5.75 Å². The third-order valence-corrected chi connectivity index (χ3v) is 5.54. The van der Waals surface area contributed by atoms with Crippen molar-refractivity contribution in [3.8, 4) is 5.75 Å². The average molecular weight is 407 g/mol. The van der Waals surface area contributed by atoms with E-state index in [1.54, 1.807) is 0 Å². The van der Waals surface area contributed by atoms with Gasteiger partial charge >= 0.3 is 0 Å². The van der Waals surface area contributed by atoms with Gasteiger partial charge < -0.3 is 14.5 Å². The van der Waals surface area contributed by atoms with E-state index in [1.807, 2.05) is 47.1 Å². The first kappa shape index (κ1) is 20.4. The maximum Gasteiger partial charge on any atom is 0.221 e. The number of pyridine rings is 1. The van der Waals surface area contributed by atoms with Gasteiger partial charge in [-0.3, -0.25) is 9.69 Å². The normalized spacial score (nSPS) is 16.6. The molecule has 0 saturated carbocycles. The molecule has 1 aliphatic rings. The molecule has 1 N–H and O–H groups in total. The van der Waals surface area contributed by atoms with Crippen molar-refractivity contribution in [2.24, 2.45) is 0 Å². The number of hydrogen-bond donors (Lipinski definition) is 1. The van der Waals surface area contributed by atoms with Crippen LogP contribution in [0, 0.1) is 0 Å². The fraction of sp³-hybridized carbons (Fsp3) is 0.417. The first-order chi connectivity index (χ1) is 14.7. The van der Waals surface area contributed by atoms with E-state index in [2.05, 4.69) is 34.3 Å². The molecule has 6 heteroatoms. The highest BCUT2D eigenvalue weighted by atomic mass is 16.5. The molecule has 0 bridgehead atoms. The molecule has 1 aromatic carbocycles. The summed E-state index contributed by atoms with van der Waals surface area (Å²) >= 11 is 0. The van der Waals surface area contributed by atoms with Crippen LogP contribution in [-0.2, 0) is 17.9 Å². The van der Waals surface area contributed by atoms with Crippen LogP contribution in [0.1, 0.15) is 43.9 Å². The first-order valence-corrected chi connectivity index (χ1v) is 10.9. The summed E-state index contributed by atoms with van der Waals surface area (Å²) in [4.78, 5) is 19.3. The van der Waals surface area contributed by atoms with Gasteiger partial charge in [0.05, 0.1) is 12.2 Å². The van der Waals surface area contributed by atoms with Crippen molar-refractivity contribution in [3.05, 3.63) is 66.1 Å². The van der Waals surface area contributed by atoms with Crippen LogP contribution in [-0.4, -0.2) is 39.4 Å². The Balaban J connectivity index is 1.31. The molecule has 3 aromatic rings. The molecule has 158 valence electrons. The van der Waals surface area contributed by atoms with E-state index in [-0.39, 0.29) is 12.0 Å². The molecule has 3 heterocycles. The van der Waals surface area contributed by atoms with Crippen molar-refractivity contribution in [2.75, 3.05) is 13.1 Å². The van der Waals surface area contributed by atoms with Crippen LogP contribution < -0.4 is 10.1 Å². The van der Waals surface area contributed by atoms with E-state index in [4.69, 9.17) is 4.74 Å². The number of para-hydroxylation sites is 1. The number of benzene rings is 1. The molecular weight excluding hydrogens is 376 g/mol. The lowest BCUT2D eigenvalue weighted by Gasteiger charge is -2.23. The van der Waals surface area contributed by atoms with Gasteiger partial charge in [0.1, 0.15) is 17.5 Å². The largest absolute Gasteiger partial charge is 0.489 e. The fourth-order valence-corrected chi connectivity index (χ4v) is 3.92. The van der Waals surface area contributed by atoms with Gasteiger partial charge in [-0.1, -0.05) is 37.6 Å². The predicted molar refractivity (Wildman–Crippen MR) is 117 cm³/mol. The smallest absolute Gasteiger partial charge is 0.221 e. The molecule has 0 saturated heterocycles. The second kappa shape index (κ2) is 9.76. The number of nitrogens with one attached hydrogen (secondary N) is 1. The highest BCUT2D eigenvalue weighted by Crippen LogP contribution is 2.26. The Bertz CT molecular complexity index is 951. The number of rotatable bonds is 8. The second-order valence-corrected chi connectivity index (χ2v) is 7.95. The molecule has 1 aliphatic heterocycles. The number of nitrogens with zero attached hydrogens (tertiary/aromatic N) is 3. The molecule has 0 aliphatic carbocycles. The van der Waals surface area contributed by atoms with Crippen LogP contribution in [0.2, 0.25) is 0 Å². The zero-order chi connectivity index (χ0) is 20.8. The summed E-state index contributed by atoms with van der Waals surface area (Å²) in [7, 11) is 0. The van der Waals surface area contributed by atoms with Crippen LogP contribution in [0.25, 0.3) is 5.65 Å². The van der Waals surface area contributed by atoms with E-state index < -0.39 is 0 Å². The SMILES string of the molecule is CCCCC1CN(CCC(=O)NCc2cn3ccccc3n2)Cc2ccccc2O1. The van der Waals surface area contributed by atoms with Gasteiger partial charge in [-0.2, -0.15) is 0 Å². The van der Waals surface area contributed by atoms with Crippen molar-refractivity contribution in [1.29, 1.82) is 0 Å². The van der Waals surface area contributed by atoms with E-state index in [1.165, 1.54) is 5.56 Å². The molecule has 1 amide bonds. The number of amides is 1. The minimum Gasteiger partial charge on any atom is -0.489 e. The minimum atomic E-state index is 0.0515. The van der Waals surface area contributed by atoms with Crippen molar-refractivity contribution >= 4 is 11.6 Å². The molecule has 6 nitrogen and oxygen atoms in total.